The second-order valence-electron chi connectivity index (χ2n) is 8.67. The molecule has 4 rings (SSSR count). The number of likely N-dealkylation sites (tertiary alicyclic amines) is 1. The van der Waals surface area contributed by atoms with E-state index in [9.17, 15) is 9.59 Å². The second-order valence-corrected chi connectivity index (χ2v) is 9.54. The van der Waals surface area contributed by atoms with Crippen molar-refractivity contribution in [3.63, 3.8) is 0 Å². The fourth-order valence-electron chi connectivity index (χ4n) is 5.83. The van der Waals surface area contributed by atoms with Gasteiger partial charge in [-0.15, -0.1) is 0 Å². The van der Waals surface area contributed by atoms with Gasteiger partial charge in [0, 0.05) is 30.8 Å². The Kier molecular flexibility index (Phi) is 5.51. The topological polar surface area (TPSA) is 58.6 Å². The van der Waals surface area contributed by atoms with Crippen molar-refractivity contribution >= 4 is 23.6 Å². The molecule has 146 valence electrons. The van der Waals surface area contributed by atoms with Crippen LogP contribution in [0.15, 0.2) is 0 Å². The first-order chi connectivity index (χ1) is 12.6. The summed E-state index contributed by atoms with van der Waals surface area (Å²) in [7, 11) is 0. The summed E-state index contributed by atoms with van der Waals surface area (Å²) < 4.78 is 6.43. The maximum Gasteiger partial charge on any atom is 0.229 e. The summed E-state index contributed by atoms with van der Waals surface area (Å²) in [5.74, 6) is 1.98. The van der Waals surface area contributed by atoms with Crippen LogP contribution < -0.4 is 5.32 Å². The first-order valence-electron chi connectivity index (χ1n) is 10.4. The molecule has 26 heavy (non-hydrogen) atoms. The van der Waals surface area contributed by atoms with Crippen LogP contribution in [0.1, 0.15) is 51.4 Å². The van der Waals surface area contributed by atoms with Gasteiger partial charge in [0.25, 0.3) is 0 Å². The summed E-state index contributed by atoms with van der Waals surface area (Å²) in [6.07, 6.45) is 11.4. The van der Waals surface area contributed by atoms with Crippen molar-refractivity contribution < 1.29 is 14.3 Å². The Labute approximate surface area is 161 Å². The summed E-state index contributed by atoms with van der Waals surface area (Å²) in [6, 6.07) is 0. The molecule has 5 nitrogen and oxygen atoms in total. The molecule has 6 heteroatoms. The zero-order valence-electron chi connectivity index (χ0n) is 15.9. The molecule has 2 bridgehead atoms. The van der Waals surface area contributed by atoms with Gasteiger partial charge in [0.1, 0.15) is 0 Å². The Morgan fingerprint density at radius 1 is 1.19 bits per heavy atom. The zero-order chi connectivity index (χ0) is 18.1. The number of nitrogens with one attached hydrogen (secondary N) is 1. The van der Waals surface area contributed by atoms with Gasteiger partial charge in [-0.3, -0.25) is 9.59 Å². The Bertz CT molecular complexity index is 549. The summed E-state index contributed by atoms with van der Waals surface area (Å²) >= 11 is 1.55. The minimum atomic E-state index is -0.125. The largest absolute Gasteiger partial charge is 0.369 e. The molecule has 0 aromatic heterocycles. The predicted molar refractivity (Wildman–Crippen MR) is 103 cm³/mol. The third-order valence-corrected chi connectivity index (χ3v) is 7.66. The first kappa shape index (κ1) is 18.6. The average molecular weight is 381 g/mol. The number of ether oxygens (including phenoxy) is 1. The molecular formula is C20H32N2O3S. The van der Waals surface area contributed by atoms with E-state index in [1.807, 2.05) is 6.26 Å². The number of fused-ring (bicyclic) bond motifs is 1. The molecule has 0 aromatic carbocycles. The zero-order valence-corrected chi connectivity index (χ0v) is 16.7. The minimum absolute atomic E-state index is 0.110. The summed E-state index contributed by atoms with van der Waals surface area (Å²) in [4.78, 5) is 27.1. The Morgan fingerprint density at radius 3 is 2.69 bits per heavy atom. The lowest BCUT2D eigenvalue weighted by molar-refractivity contribution is -0.136. The van der Waals surface area contributed by atoms with Gasteiger partial charge in [0.05, 0.1) is 24.0 Å². The minimum Gasteiger partial charge on any atom is -0.369 e. The SMILES string of the molecule is CSCC(=O)NC[C@H]1[C@H]2CN(C(=O)C3CCCCCC3)C[C@]23CC[C@H]1O3. The highest BCUT2D eigenvalue weighted by Crippen LogP contribution is 2.54. The van der Waals surface area contributed by atoms with E-state index in [1.54, 1.807) is 11.8 Å². The van der Waals surface area contributed by atoms with Crippen molar-refractivity contribution in [1.82, 2.24) is 10.2 Å². The van der Waals surface area contributed by atoms with Crippen LogP contribution in [-0.2, 0) is 14.3 Å². The Hall–Kier alpha value is -0.750. The molecule has 1 spiro atoms. The number of carbonyl (C=O) groups is 2. The highest BCUT2D eigenvalue weighted by molar-refractivity contribution is 7.99. The number of hydrogen-bond acceptors (Lipinski definition) is 4. The van der Waals surface area contributed by atoms with E-state index in [2.05, 4.69) is 10.2 Å². The smallest absolute Gasteiger partial charge is 0.229 e. The van der Waals surface area contributed by atoms with Crippen molar-refractivity contribution in [2.45, 2.75) is 63.1 Å². The van der Waals surface area contributed by atoms with Crippen molar-refractivity contribution in [3.8, 4) is 0 Å². The van der Waals surface area contributed by atoms with Gasteiger partial charge in [-0.25, -0.2) is 0 Å². The van der Waals surface area contributed by atoms with Gasteiger partial charge in [-0.05, 0) is 31.9 Å². The molecule has 1 N–H and O–H groups in total. The average Bonchev–Trinajstić information content (AvgIpc) is 3.20. The molecule has 3 aliphatic heterocycles. The summed E-state index contributed by atoms with van der Waals surface area (Å²) in [5.41, 5.74) is -0.125. The standard InChI is InChI=1S/C20H32N2O3S/c1-26-12-18(23)21-10-15-16-11-22(13-20(16)9-8-17(15)25-20)19(24)14-6-4-2-3-5-7-14/h14-17H,2-13H2,1H3,(H,21,23)/t15-,16+,17+,20+/m0/s1. The Morgan fingerprint density at radius 2 is 1.96 bits per heavy atom. The maximum atomic E-state index is 13.1. The van der Waals surface area contributed by atoms with E-state index in [4.69, 9.17) is 4.74 Å². The molecule has 4 atom stereocenters. The van der Waals surface area contributed by atoms with E-state index < -0.39 is 0 Å². The molecule has 0 radical (unpaired) electrons. The molecule has 1 aliphatic carbocycles. The van der Waals surface area contributed by atoms with Crippen molar-refractivity contribution in [3.05, 3.63) is 0 Å². The number of thioether (sulfide) groups is 1. The quantitative estimate of drug-likeness (QED) is 0.745. The maximum absolute atomic E-state index is 13.1. The number of amides is 2. The summed E-state index contributed by atoms with van der Waals surface area (Å²) in [5, 5.41) is 3.09. The van der Waals surface area contributed by atoms with Crippen LogP contribution in [0, 0.1) is 17.8 Å². The van der Waals surface area contributed by atoms with Crippen molar-refractivity contribution in [2.75, 3.05) is 31.6 Å². The fraction of sp³-hybridized carbons (Fsp3) is 0.900. The number of nitrogens with zero attached hydrogens (tertiary/aromatic N) is 1. The van der Waals surface area contributed by atoms with Gasteiger partial charge >= 0.3 is 0 Å². The van der Waals surface area contributed by atoms with E-state index in [-0.39, 0.29) is 23.5 Å². The van der Waals surface area contributed by atoms with Gasteiger partial charge in [-0.1, -0.05) is 25.7 Å². The van der Waals surface area contributed by atoms with Crippen LogP contribution in [0.25, 0.3) is 0 Å². The molecule has 0 aromatic rings. The molecule has 3 saturated heterocycles. The van der Waals surface area contributed by atoms with Crippen LogP contribution in [0.3, 0.4) is 0 Å². The van der Waals surface area contributed by atoms with Crippen LogP contribution >= 0.6 is 11.8 Å². The summed E-state index contributed by atoms with van der Waals surface area (Å²) in [6.45, 7) is 2.30. The lowest BCUT2D eigenvalue weighted by atomic mass is 9.73. The highest BCUT2D eigenvalue weighted by atomic mass is 32.2. The van der Waals surface area contributed by atoms with Crippen LogP contribution in [-0.4, -0.2) is 60.1 Å². The monoisotopic (exact) mass is 380 g/mol. The highest BCUT2D eigenvalue weighted by Gasteiger charge is 2.63. The lowest BCUT2D eigenvalue weighted by Gasteiger charge is -2.29. The van der Waals surface area contributed by atoms with Crippen LogP contribution in [0.5, 0.6) is 0 Å². The predicted octanol–water partition coefficient (Wildman–Crippen LogP) is 2.44. The third-order valence-electron chi connectivity index (χ3n) is 7.11. The molecule has 4 fully saturated rings. The molecule has 2 amide bonds. The van der Waals surface area contributed by atoms with Gasteiger partial charge < -0.3 is 15.0 Å². The van der Waals surface area contributed by atoms with E-state index >= 15 is 0 Å². The second kappa shape index (κ2) is 7.70. The van der Waals surface area contributed by atoms with E-state index in [0.717, 1.165) is 38.8 Å². The molecule has 0 unspecified atom stereocenters. The molecule has 4 aliphatic rings. The van der Waals surface area contributed by atoms with Crippen LogP contribution in [0.2, 0.25) is 0 Å². The lowest BCUT2D eigenvalue weighted by Crippen LogP contribution is -2.42. The molecule has 3 heterocycles. The van der Waals surface area contributed by atoms with Crippen LogP contribution in [0.4, 0.5) is 0 Å². The molecule has 1 saturated carbocycles. The third kappa shape index (κ3) is 3.39. The normalized spacial score (nSPS) is 36.8. The van der Waals surface area contributed by atoms with Crippen molar-refractivity contribution in [2.24, 2.45) is 17.8 Å². The first-order valence-corrected chi connectivity index (χ1v) is 11.7. The van der Waals surface area contributed by atoms with Gasteiger partial charge in [-0.2, -0.15) is 11.8 Å². The van der Waals surface area contributed by atoms with Gasteiger partial charge in [0.2, 0.25) is 11.8 Å². The fourth-order valence-corrected chi connectivity index (χ4v) is 6.19. The molecular weight excluding hydrogens is 348 g/mol. The van der Waals surface area contributed by atoms with Gasteiger partial charge in [0.15, 0.2) is 0 Å². The van der Waals surface area contributed by atoms with Crippen molar-refractivity contribution in [1.29, 1.82) is 0 Å². The van der Waals surface area contributed by atoms with E-state index in [0.29, 0.717) is 30.0 Å². The number of hydrogen-bond donors (Lipinski definition) is 1. The Balaban J connectivity index is 1.39. The van der Waals surface area contributed by atoms with E-state index in [1.165, 1.54) is 25.7 Å². The number of rotatable bonds is 5. The number of carbonyl (C=O) groups excluding carboxylic acids is 2.